The molecule has 0 bridgehead atoms. The summed E-state index contributed by atoms with van der Waals surface area (Å²) in [5.74, 6) is 1.89. The van der Waals surface area contributed by atoms with Gasteiger partial charge in [-0.2, -0.15) is 0 Å². The molecule has 0 unspecified atom stereocenters. The summed E-state index contributed by atoms with van der Waals surface area (Å²) in [5, 5.41) is 3.32. The molecule has 3 aromatic carbocycles. The van der Waals surface area contributed by atoms with Gasteiger partial charge in [0, 0.05) is 5.02 Å². The van der Waals surface area contributed by atoms with E-state index in [1.54, 1.807) is 18.2 Å². The van der Waals surface area contributed by atoms with Gasteiger partial charge in [0.05, 0.1) is 5.69 Å². The summed E-state index contributed by atoms with van der Waals surface area (Å²) in [7, 11) is 0. The third-order valence-electron chi connectivity index (χ3n) is 4.09. The van der Waals surface area contributed by atoms with Gasteiger partial charge in [0.2, 0.25) is 0 Å². The zero-order valence-corrected chi connectivity index (χ0v) is 16.6. The lowest BCUT2D eigenvalue weighted by atomic mass is 10.0. The number of benzene rings is 3. The molecule has 28 heavy (non-hydrogen) atoms. The van der Waals surface area contributed by atoms with Crippen molar-refractivity contribution in [3.63, 3.8) is 0 Å². The third kappa shape index (κ3) is 5.27. The molecule has 0 fully saturated rings. The Bertz CT molecular complexity index is 942. The molecule has 144 valence electrons. The van der Waals surface area contributed by atoms with Gasteiger partial charge in [-0.25, -0.2) is 0 Å². The summed E-state index contributed by atoms with van der Waals surface area (Å²) in [6.07, 6.45) is 0. The second-order valence-electron chi connectivity index (χ2n) is 6.58. The topological polar surface area (TPSA) is 47.6 Å². The van der Waals surface area contributed by atoms with Crippen LogP contribution in [0.4, 0.5) is 5.69 Å². The van der Waals surface area contributed by atoms with Crippen LogP contribution in [0.15, 0.2) is 72.8 Å². The van der Waals surface area contributed by atoms with Crippen LogP contribution in [0.5, 0.6) is 17.2 Å². The highest BCUT2D eigenvalue weighted by atomic mass is 35.5. The molecule has 0 saturated carbocycles. The van der Waals surface area contributed by atoms with Crippen molar-refractivity contribution in [2.45, 2.75) is 19.8 Å². The molecule has 3 aromatic rings. The predicted molar refractivity (Wildman–Crippen MR) is 113 cm³/mol. The van der Waals surface area contributed by atoms with Gasteiger partial charge >= 0.3 is 0 Å². The van der Waals surface area contributed by atoms with E-state index in [1.165, 1.54) is 0 Å². The van der Waals surface area contributed by atoms with Crippen LogP contribution >= 0.6 is 11.6 Å². The van der Waals surface area contributed by atoms with E-state index >= 15 is 0 Å². The summed E-state index contributed by atoms with van der Waals surface area (Å²) in [6.45, 7) is 4.06. The first-order valence-electron chi connectivity index (χ1n) is 9.07. The van der Waals surface area contributed by atoms with Crippen molar-refractivity contribution >= 4 is 23.2 Å². The number of rotatable bonds is 7. The quantitative estimate of drug-likeness (QED) is 0.512. The van der Waals surface area contributed by atoms with Gasteiger partial charge < -0.3 is 14.8 Å². The molecular weight excluding hydrogens is 374 g/mol. The second-order valence-corrected chi connectivity index (χ2v) is 7.02. The maximum atomic E-state index is 12.4. The van der Waals surface area contributed by atoms with Crippen molar-refractivity contribution < 1.29 is 14.3 Å². The van der Waals surface area contributed by atoms with Crippen molar-refractivity contribution in [1.29, 1.82) is 0 Å². The zero-order valence-electron chi connectivity index (χ0n) is 15.8. The molecule has 4 nitrogen and oxygen atoms in total. The predicted octanol–water partition coefficient (Wildman–Crippen LogP) is 6.27. The van der Waals surface area contributed by atoms with Crippen molar-refractivity contribution in [2.75, 3.05) is 11.9 Å². The molecule has 0 saturated heterocycles. The number of anilines is 1. The monoisotopic (exact) mass is 395 g/mol. The molecule has 0 aliphatic carbocycles. The molecule has 1 N–H and O–H groups in total. The van der Waals surface area contributed by atoms with Crippen LogP contribution in [0.2, 0.25) is 5.02 Å². The van der Waals surface area contributed by atoms with Crippen molar-refractivity contribution in [3.8, 4) is 17.2 Å². The van der Waals surface area contributed by atoms with Gasteiger partial charge in [-0.1, -0.05) is 61.8 Å². The number of nitrogens with one attached hydrogen (secondary N) is 1. The number of amides is 1. The molecule has 0 heterocycles. The fourth-order valence-corrected chi connectivity index (χ4v) is 2.90. The van der Waals surface area contributed by atoms with Gasteiger partial charge in [-0.05, 0) is 47.9 Å². The lowest BCUT2D eigenvalue weighted by Gasteiger charge is -2.15. The second kappa shape index (κ2) is 9.29. The van der Waals surface area contributed by atoms with E-state index < -0.39 is 0 Å². The Morgan fingerprint density at radius 2 is 1.68 bits per heavy atom. The number of carbonyl (C=O) groups excluding carboxylic acids is 1. The smallest absolute Gasteiger partial charge is 0.262 e. The Morgan fingerprint density at radius 1 is 0.964 bits per heavy atom. The maximum absolute atomic E-state index is 12.4. The summed E-state index contributed by atoms with van der Waals surface area (Å²) >= 11 is 6.09. The number of ether oxygens (including phenoxy) is 2. The summed E-state index contributed by atoms with van der Waals surface area (Å²) < 4.78 is 11.6. The Balaban J connectivity index is 1.69. The minimum atomic E-state index is -0.293. The molecule has 0 radical (unpaired) electrons. The maximum Gasteiger partial charge on any atom is 0.262 e. The van der Waals surface area contributed by atoms with E-state index in [0.717, 1.165) is 5.56 Å². The Morgan fingerprint density at radius 3 is 2.43 bits per heavy atom. The minimum absolute atomic E-state index is 0.110. The summed E-state index contributed by atoms with van der Waals surface area (Å²) in [5.41, 5.74) is 1.55. The van der Waals surface area contributed by atoms with Crippen LogP contribution in [-0.4, -0.2) is 12.5 Å². The highest BCUT2D eigenvalue weighted by molar-refractivity contribution is 6.31. The molecule has 0 aliphatic rings. The lowest BCUT2D eigenvalue weighted by Crippen LogP contribution is -2.21. The van der Waals surface area contributed by atoms with E-state index in [-0.39, 0.29) is 12.5 Å². The van der Waals surface area contributed by atoms with Crippen molar-refractivity contribution in [1.82, 2.24) is 0 Å². The number of carbonyl (C=O) groups is 1. The summed E-state index contributed by atoms with van der Waals surface area (Å²) in [4.78, 5) is 12.4. The van der Waals surface area contributed by atoms with Crippen LogP contribution in [0.1, 0.15) is 25.3 Å². The van der Waals surface area contributed by atoms with Gasteiger partial charge in [0.15, 0.2) is 12.4 Å². The van der Waals surface area contributed by atoms with E-state index in [4.69, 9.17) is 21.1 Å². The van der Waals surface area contributed by atoms with Crippen LogP contribution in [0.3, 0.4) is 0 Å². The zero-order chi connectivity index (χ0) is 19.9. The number of hydrogen-bond acceptors (Lipinski definition) is 3. The normalized spacial score (nSPS) is 10.6. The van der Waals surface area contributed by atoms with Gasteiger partial charge in [-0.15, -0.1) is 0 Å². The number of para-hydroxylation sites is 2. The molecule has 5 heteroatoms. The standard InChI is InChI=1S/C23H22ClNO3/c1-16(2)19-10-6-7-11-21(19)27-15-23(26)25-20-14-17(24)12-13-22(20)28-18-8-4-3-5-9-18/h3-14,16H,15H2,1-2H3,(H,25,26). The first-order valence-corrected chi connectivity index (χ1v) is 9.45. The van der Waals surface area contributed by atoms with Gasteiger partial charge in [0.25, 0.3) is 5.91 Å². The van der Waals surface area contributed by atoms with E-state index in [1.807, 2.05) is 54.6 Å². The molecular formula is C23H22ClNO3. The van der Waals surface area contributed by atoms with Crippen LogP contribution in [0.25, 0.3) is 0 Å². The van der Waals surface area contributed by atoms with Gasteiger partial charge in [-0.3, -0.25) is 4.79 Å². The van der Waals surface area contributed by atoms with E-state index in [9.17, 15) is 4.79 Å². The van der Waals surface area contributed by atoms with Crippen LogP contribution in [-0.2, 0) is 4.79 Å². The highest BCUT2D eigenvalue weighted by Gasteiger charge is 2.12. The minimum Gasteiger partial charge on any atom is -0.483 e. The molecule has 1 amide bonds. The fourth-order valence-electron chi connectivity index (χ4n) is 2.72. The SMILES string of the molecule is CC(C)c1ccccc1OCC(=O)Nc1cc(Cl)ccc1Oc1ccccc1. The molecule has 0 aromatic heterocycles. The molecule has 3 rings (SSSR count). The average Bonchev–Trinajstić information content (AvgIpc) is 2.69. The molecule has 0 atom stereocenters. The van der Waals surface area contributed by atoms with Gasteiger partial charge in [0.1, 0.15) is 11.5 Å². The Labute approximate surface area is 170 Å². The van der Waals surface area contributed by atoms with Crippen LogP contribution in [0, 0.1) is 0 Å². The first-order chi connectivity index (χ1) is 13.5. The largest absolute Gasteiger partial charge is 0.483 e. The fraction of sp³-hybridized carbons (Fsp3) is 0.174. The number of halogens is 1. The summed E-state index contributed by atoms with van der Waals surface area (Å²) in [6, 6.07) is 22.1. The first kappa shape index (κ1) is 19.8. The highest BCUT2D eigenvalue weighted by Crippen LogP contribution is 2.32. The van der Waals surface area contributed by atoms with Crippen LogP contribution < -0.4 is 14.8 Å². The van der Waals surface area contributed by atoms with E-state index in [2.05, 4.69) is 19.2 Å². The van der Waals surface area contributed by atoms with E-state index in [0.29, 0.717) is 33.9 Å². The number of hydrogen-bond donors (Lipinski definition) is 1. The van der Waals surface area contributed by atoms with Crippen molar-refractivity contribution in [3.05, 3.63) is 83.4 Å². The lowest BCUT2D eigenvalue weighted by molar-refractivity contribution is -0.118. The third-order valence-corrected chi connectivity index (χ3v) is 4.32. The Hall–Kier alpha value is -2.98. The van der Waals surface area contributed by atoms with Crippen molar-refractivity contribution in [2.24, 2.45) is 0 Å². The Kier molecular flexibility index (Phi) is 6.56. The molecule has 0 spiro atoms. The average molecular weight is 396 g/mol. The molecule has 0 aliphatic heterocycles.